The van der Waals surface area contributed by atoms with E-state index < -0.39 is 0 Å². The Bertz CT molecular complexity index is 352. The van der Waals surface area contributed by atoms with Gasteiger partial charge in [0.05, 0.1) is 6.61 Å². The van der Waals surface area contributed by atoms with Gasteiger partial charge in [-0.25, -0.2) is 0 Å². The minimum absolute atomic E-state index is 0.286. The molecule has 0 atom stereocenters. The van der Waals surface area contributed by atoms with Gasteiger partial charge in [-0.15, -0.1) is 0 Å². The van der Waals surface area contributed by atoms with Crippen LogP contribution in [0.3, 0.4) is 0 Å². The number of para-hydroxylation sites is 1. The lowest BCUT2D eigenvalue weighted by molar-refractivity contribution is 0.267. The maximum Gasteiger partial charge on any atom is 0.162 e. The van der Waals surface area contributed by atoms with Crippen LogP contribution in [0.15, 0.2) is 18.2 Å². The number of unbranched alkanes of at least 4 members (excludes halogenated alkanes) is 1. The summed E-state index contributed by atoms with van der Waals surface area (Å²) < 4.78 is 5.41. The van der Waals surface area contributed by atoms with Gasteiger partial charge in [-0.1, -0.05) is 32.4 Å². The highest BCUT2D eigenvalue weighted by molar-refractivity contribution is 5.45. The van der Waals surface area contributed by atoms with Gasteiger partial charge >= 0.3 is 0 Å². The van der Waals surface area contributed by atoms with Gasteiger partial charge in [0.2, 0.25) is 0 Å². The van der Waals surface area contributed by atoms with Crippen molar-refractivity contribution in [3.63, 3.8) is 0 Å². The Balaban J connectivity index is 2.73. The highest BCUT2D eigenvalue weighted by atomic mass is 16.5. The molecule has 0 aliphatic heterocycles. The number of phenolic OH excluding ortho intramolecular Hbond substituents is 1. The first kappa shape index (κ1) is 14.8. The van der Waals surface area contributed by atoms with Gasteiger partial charge in [0, 0.05) is 12.1 Å². The third-order valence-electron chi connectivity index (χ3n) is 3.05. The quantitative estimate of drug-likeness (QED) is 0.768. The largest absolute Gasteiger partial charge is 0.504 e. The van der Waals surface area contributed by atoms with Crippen LogP contribution >= 0.6 is 0 Å². The fraction of sp³-hybridized carbons (Fsp3) is 0.600. The van der Waals surface area contributed by atoms with Crippen LogP contribution in [0.5, 0.6) is 11.5 Å². The number of phenols is 1. The molecule has 1 rings (SSSR count). The molecular formula is C15H25NO2. The monoisotopic (exact) mass is 251 g/mol. The second-order valence-corrected chi connectivity index (χ2v) is 4.42. The summed E-state index contributed by atoms with van der Waals surface area (Å²) >= 11 is 0. The minimum atomic E-state index is 0.286. The molecule has 0 fully saturated rings. The molecule has 0 saturated carbocycles. The molecule has 1 aromatic carbocycles. The zero-order valence-corrected chi connectivity index (χ0v) is 11.8. The van der Waals surface area contributed by atoms with Crippen LogP contribution in [0.4, 0.5) is 0 Å². The summed E-state index contributed by atoms with van der Waals surface area (Å²) in [6.45, 7) is 9.70. The van der Waals surface area contributed by atoms with E-state index in [4.69, 9.17) is 4.74 Å². The molecule has 102 valence electrons. The Morgan fingerprint density at radius 3 is 2.61 bits per heavy atom. The molecule has 0 unspecified atom stereocenters. The van der Waals surface area contributed by atoms with Gasteiger partial charge in [-0.05, 0) is 32.5 Å². The first-order chi connectivity index (χ1) is 8.72. The van der Waals surface area contributed by atoms with Gasteiger partial charge in [0.1, 0.15) is 0 Å². The van der Waals surface area contributed by atoms with Crippen LogP contribution in [0.1, 0.15) is 39.2 Å². The van der Waals surface area contributed by atoms with E-state index in [0.29, 0.717) is 12.4 Å². The van der Waals surface area contributed by atoms with Gasteiger partial charge in [0.15, 0.2) is 11.5 Å². The van der Waals surface area contributed by atoms with Crippen LogP contribution in [0.25, 0.3) is 0 Å². The average molecular weight is 251 g/mol. The summed E-state index contributed by atoms with van der Waals surface area (Å²) in [5.41, 5.74) is 0.943. The number of benzene rings is 1. The Hall–Kier alpha value is -1.22. The molecule has 0 spiro atoms. The molecule has 18 heavy (non-hydrogen) atoms. The van der Waals surface area contributed by atoms with Crippen molar-refractivity contribution < 1.29 is 9.84 Å². The Labute approximate surface area is 110 Å². The molecule has 3 nitrogen and oxygen atoms in total. The fourth-order valence-corrected chi connectivity index (χ4v) is 1.94. The summed E-state index contributed by atoms with van der Waals surface area (Å²) in [4.78, 5) is 2.34. The Morgan fingerprint density at radius 2 is 2.00 bits per heavy atom. The third kappa shape index (κ3) is 4.22. The molecule has 0 radical (unpaired) electrons. The van der Waals surface area contributed by atoms with Crippen molar-refractivity contribution in [1.29, 1.82) is 0 Å². The van der Waals surface area contributed by atoms with Gasteiger partial charge in [-0.2, -0.15) is 0 Å². The summed E-state index contributed by atoms with van der Waals surface area (Å²) in [5, 5.41) is 10.1. The lowest BCUT2D eigenvalue weighted by Gasteiger charge is -2.21. The van der Waals surface area contributed by atoms with Crippen molar-refractivity contribution >= 4 is 0 Å². The SMILES string of the molecule is CCCCN(CC)Cc1cccc(OCC)c1O. The molecule has 0 aliphatic carbocycles. The van der Waals surface area contributed by atoms with E-state index in [1.165, 1.54) is 12.8 Å². The standard InChI is InChI=1S/C15H25NO2/c1-4-7-11-16(5-2)12-13-9-8-10-14(15(13)17)18-6-3/h8-10,17H,4-7,11-12H2,1-3H3. The zero-order valence-electron chi connectivity index (χ0n) is 11.8. The number of ether oxygens (including phenoxy) is 1. The fourth-order valence-electron chi connectivity index (χ4n) is 1.94. The van der Waals surface area contributed by atoms with E-state index >= 15 is 0 Å². The normalized spacial score (nSPS) is 10.9. The topological polar surface area (TPSA) is 32.7 Å². The molecule has 0 aliphatic rings. The first-order valence-corrected chi connectivity index (χ1v) is 6.88. The Kier molecular flexibility index (Phi) is 6.58. The number of hydrogen-bond acceptors (Lipinski definition) is 3. The van der Waals surface area contributed by atoms with Crippen molar-refractivity contribution in [2.45, 2.75) is 40.2 Å². The van der Waals surface area contributed by atoms with Crippen LogP contribution < -0.4 is 4.74 Å². The minimum Gasteiger partial charge on any atom is -0.504 e. The van der Waals surface area contributed by atoms with Gasteiger partial charge < -0.3 is 9.84 Å². The summed E-state index contributed by atoms with van der Waals surface area (Å²) in [7, 11) is 0. The lowest BCUT2D eigenvalue weighted by Crippen LogP contribution is -2.24. The van der Waals surface area contributed by atoms with E-state index in [9.17, 15) is 5.11 Å². The lowest BCUT2D eigenvalue weighted by atomic mass is 10.1. The average Bonchev–Trinajstić information content (AvgIpc) is 2.39. The summed E-state index contributed by atoms with van der Waals surface area (Å²) in [6, 6.07) is 5.71. The molecule has 0 amide bonds. The number of nitrogens with zero attached hydrogens (tertiary/aromatic N) is 1. The van der Waals surface area contributed by atoms with Crippen LogP contribution in [-0.4, -0.2) is 29.7 Å². The van der Waals surface area contributed by atoms with Gasteiger partial charge in [-0.3, -0.25) is 4.90 Å². The molecule has 0 aromatic heterocycles. The van der Waals surface area contributed by atoms with E-state index in [1.807, 2.05) is 25.1 Å². The number of aromatic hydroxyl groups is 1. The van der Waals surface area contributed by atoms with Crippen molar-refractivity contribution in [2.75, 3.05) is 19.7 Å². The van der Waals surface area contributed by atoms with E-state index in [0.717, 1.165) is 25.2 Å². The Morgan fingerprint density at radius 1 is 1.22 bits per heavy atom. The van der Waals surface area contributed by atoms with Crippen LogP contribution in [0.2, 0.25) is 0 Å². The molecule has 3 heteroatoms. The summed E-state index contributed by atoms with van der Waals surface area (Å²) in [6.07, 6.45) is 2.39. The second-order valence-electron chi connectivity index (χ2n) is 4.42. The van der Waals surface area contributed by atoms with E-state index in [1.54, 1.807) is 0 Å². The second kappa shape index (κ2) is 7.98. The van der Waals surface area contributed by atoms with E-state index in [-0.39, 0.29) is 5.75 Å². The first-order valence-electron chi connectivity index (χ1n) is 6.88. The maximum atomic E-state index is 10.1. The predicted molar refractivity (Wildman–Crippen MR) is 75.1 cm³/mol. The van der Waals surface area contributed by atoms with Crippen molar-refractivity contribution in [1.82, 2.24) is 4.90 Å². The summed E-state index contributed by atoms with van der Waals surface area (Å²) in [5.74, 6) is 0.871. The van der Waals surface area contributed by atoms with Crippen molar-refractivity contribution in [2.24, 2.45) is 0 Å². The molecule has 1 aromatic rings. The highest BCUT2D eigenvalue weighted by Gasteiger charge is 2.10. The highest BCUT2D eigenvalue weighted by Crippen LogP contribution is 2.30. The molecule has 1 N–H and O–H groups in total. The van der Waals surface area contributed by atoms with E-state index in [2.05, 4.69) is 18.7 Å². The molecular weight excluding hydrogens is 226 g/mol. The van der Waals surface area contributed by atoms with Crippen molar-refractivity contribution in [3.8, 4) is 11.5 Å². The molecule has 0 heterocycles. The smallest absolute Gasteiger partial charge is 0.162 e. The number of hydrogen-bond donors (Lipinski definition) is 1. The van der Waals surface area contributed by atoms with Crippen LogP contribution in [0, 0.1) is 0 Å². The maximum absolute atomic E-state index is 10.1. The zero-order chi connectivity index (χ0) is 13.4. The molecule has 0 saturated heterocycles. The van der Waals surface area contributed by atoms with Crippen molar-refractivity contribution in [3.05, 3.63) is 23.8 Å². The predicted octanol–water partition coefficient (Wildman–Crippen LogP) is 3.41. The van der Waals surface area contributed by atoms with Crippen LogP contribution in [-0.2, 0) is 6.54 Å². The molecule has 0 bridgehead atoms. The third-order valence-corrected chi connectivity index (χ3v) is 3.05. The number of rotatable bonds is 8. The van der Waals surface area contributed by atoms with Gasteiger partial charge in [0.25, 0.3) is 0 Å².